The van der Waals surface area contributed by atoms with Gasteiger partial charge in [-0.05, 0) is 17.9 Å². The molecule has 2 aliphatic rings. The SMILES string of the molecule is C[C@@]12CNC[C@@H](C1)c1cccc(=O)n1C2. The Morgan fingerprint density at radius 3 is 3.27 bits per heavy atom. The summed E-state index contributed by atoms with van der Waals surface area (Å²) in [5.74, 6) is 0.520. The van der Waals surface area contributed by atoms with E-state index in [4.69, 9.17) is 0 Å². The van der Waals surface area contributed by atoms with Gasteiger partial charge < -0.3 is 9.88 Å². The fourth-order valence-corrected chi connectivity index (χ4v) is 3.06. The minimum atomic E-state index is 0.158. The molecule has 0 radical (unpaired) electrons. The molecule has 0 unspecified atom stereocenters. The fraction of sp³-hybridized carbons (Fsp3) is 0.583. The average molecular weight is 204 g/mol. The summed E-state index contributed by atoms with van der Waals surface area (Å²) in [6, 6.07) is 5.64. The van der Waals surface area contributed by atoms with Crippen molar-refractivity contribution < 1.29 is 0 Å². The summed E-state index contributed by atoms with van der Waals surface area (Å²) in [4.78, 5) is 11.8. The third kappa shape index (κ3) is 1.34. The van der Waals surface area contributed by atoms with Gasteiger partial charge in [0.15, 0.2) is 0 Å². The highest BCUT2D eigenvalue weighted by Gasteiger charge is 2.38. The van der Waals surface area contributed by atoms with Gasteiger partial charge in [0.2, 0.25) is 0 Å². The number of rotatable bonds is 0. The predicted octanol–water partition coefficient (Wildman–Crippen LogP) is 0.945. The highest BCUT2D eigenvalue weighted by molar-refractivity contribution is 5.18. The number of hydrogen-bond acceptors (Lipinski definition) is 2. The van der Waals surface area contributed by atoms with Crippen LogP contribution in [0.5, 0.6) is 0 Å². The molecular formula is C12H16N2O. The van der Waals surface area contributed by atoms with Gasteiger partial charge in [-0.15, -0.1) is 0 Å². The standard InChI is InChI=1S/C12H16N2O/c1-12-5-9(6-13-7-12)10-3-2-4-11(15)14(10)8-12/h2-4,9,13H,5-8H2,1H3/t9-,12+/m1/s1. The zero-order valence-corrected chi connectivity index (χ0v) is 8.99. The van der Waals surface area contributed by atoms with Crippen LogP contribution < -0.4 is 10.9 Å². The van der Waals surface area contributed by atoms with Crippen LogP contribution in [0.1, 0.15) is 25.0 Å². The summed E-state index contributed by atoms with van der Waals surface area (Å²) >= 11 is 0. The van der Waals surface area contributed by atoms with Crippen LogP contribution in [-0.4, -0.2) is 17.7 Å². The Bertz CT molecular complexity index is 451. The predicted molar refractivity (Wildman–Crippen MR) is 59.0 cm³/mol. The maximum absolute atomic E-state index is 11.8. The van der Waals surface area contributed by atoms with Gasteiger partial charge in [0.25, 0.3) is 5.56 Å². The Labute approximate surface area is 89.1 Å². The van der Waals surface area contributed by atoms with Crippen molar-refractivity contribution in [3.63, 3.8) is 0 Å². The largest absolute Gasteiger partial charge is 0.315 e. The third-order valence-corrected chi connectivity index (χ3v) is 3.72. The minimum absolute atomic E-state index is 0.158. The maximum Gasteiger partial charge on any atom is 0.250 e. The van der Waals surface area contributed by atoms with E-state index in [1.807, 2.05) is 10.6 Å². The molecule has 0 spiro atoms. The van der Waals surface area contributed by atoms with Gasteiger partial charge in [0.1, 0.15) is 0 Å². The molecule has 1 N–H and O–H groups in total. The Morgan fingerprint density at radius 2 is 2.40 bits per heavy atom. The number of hydrogen-bond donors (Lipinski definition) is 1. The third-order valence-electron chi connectivity index (χ3n) is 3.72. The van der Waals surface area contributed by atoms with Crippen LogP contribution in [0.4, 0.5) is 0 Å². The lowest BCUT2D eigenvalue weighted by molar-refractivity contribution is 0.146. The number of nitrogens with zero attached hydrogens (tertiary/aromatic N) is 1. The van der Waals surface area contributed by atoms with E-state index in [2.05, 4.69) is 18.3 Å². The lowest BCUT2D eigenvalue weighted by Gasteiger charge is -2.44. The second-order valence-electron chi connectivity index (χ2n) is 5.22. The van der Waals surface area contributed by atoms with Crippen molar-refractivity contribution in [3.05, 3.63) is 34.2 Å². The Hall–Kier alpha value is -1.09. The molecule has 80 valence electrons. The molecule has 1 aromatic rings. The number of pyridine rings is 1. The molecule has 3 nitrogen and oxygen atoms in total. The van der Waals surface area contributed by atoms with Crippen LogP contribution in [0.15, 0.2) is 23.0 Å². The molecule has 0 amide bonds. The summed E-state index contributed by atoms with van der Waals surface area (Å²) in [5, 5.41) is 3.47. The molecule has 0 aromatic carbocycles. The van der Waals surface area contributed by atoms with Crippen molar-refractivity contribution in [1.29, 1.82) is 0 Å². The van der Waals surface area contributed by atoms with E-state index < -0.39 is 0 Å². The number of piperidine rings is 1. The van der Waals surface area contributed by atoms with E-state index >= 15 is 0 Å². The van der Waals surface area contributed by atoms with Gasteiger partial charge in [0.05, 0.1) is 0 Å². The smallest absolute Gasteiger partial charge is 0.250 e. The molecule has 1 aromatic heterocycles. The van der Waals surface area contributed by atoms with E-state index in [1.165, 1.54) is 12.1 Å². The number of aromatic nitrogens is 1. The minimum Gasteiger partial charge on any atom is -0.315 e. The van der Waals surface area contributed by atoms with E-state index in [9.17, 15) is 4.79 Å². The molecule has 2 atom stereocenters. The molecule has 3 heteroatoms. The van der Waals surface area contributed by atoms with Gasteiger partial charge >= 0.3 is 0 Å². The highest BCUT2D eigenvalue weighted by Crippen LogP contribution is 2.39. The summed E-state index contributed by atoms with van der Waals surface area (Å²) in [7, 11) is 0. The second kappa shape index (κ2) is 2.95. The summed E-state index contributed by atoms with van der Waals surface area (Å²) in [6.45, 7) is 5.18. The van der Waals surface area contributed by atoms with Crippen LogP contribution in [0, 0.1) is 5.41 Å². The van der Waals surface area contributed by atoms with E-state index in [1.54, 1.807) is 6.07 Å². The Morgan fingerprint density at radius 1 is 1.53 bits per heavy atom. The topological polar surface area (TPSA) is 34.0 Å². The van der Waals surface area contributed by atoms with Crippen LogP contribution in [0.2, 0.25) is 0 Å². The average Bonchev–Trinajstić information content (AvgIpc) is 2.20. The quantitative estimate of drug-likeness (QED) is 0.682. The second-order valence-corrected chi connectivity index (χ2v) is 5.22. The van der Waals surface area contributed by atoms with Gasteiger partial charge in [-0.2, -0.15) is 0 Å². The lowest BCUT2D eigenvalue weighted by atomic mass is 9.73. The van der Waals surface area contributed by atoms with Crippen LogP contribution >= 0.6 is 0 Å². The molecule has 3 heterocycles. The van der Waals surface area contributed by atoms with E-state index in [0.29, 0.717) is 5.92 Å². The normalized spacial score (nSPS) is 33.5. The first-order valence-corrected chi connectivity index (χ1v) is 5.58. The van der Waals surface area contributed by atoms with Crippen molar-refractivity contribution in [2.75, 3.05) is 13.1 Å². The molecule has 1 saturated heterocycles. The van der Waals surface area contributed by atoms with E-state index in [0.717, 1.165) is 19.6 Å². The first-order valence-electron chi connectivity index (χ1n) is 5.58. The first kappa shape index (κ1) is 9.16. The fourth-order valence-electron chi connectivity index (χ4n) is 3.06. The summed E-state index contributed by atoms with van der Waals surface area (Å²) < 4.78 is 1.97. The molecule has 15 heavy (non-hydrogen) atoms. The van der Waals surface area contributed by atoms with Crippen LogP contribution in [0.3, 0.4) is 0 Å². The molecule has 1 fully saturated rings. The number of nitrogens with one attached hydrogen (secondary N) is 1. The molecule has 2 bridgehead atoms. The summed E-state index contributed by atoms with van der Waals surface area (Å²) in [6.07, 6.45) is 1.21. The maximum atomic E-state index is 11.8. The van der Waals surface area contributed by atoms with Gasteiger partial charge in [0, 0.05) is 37.3 Å². The van der Waals surface area contributed by atoms with Crippen LogP contribution in [-0.2, 0) is 6.54 Å². The first-order chi connectivity index (χ1) is 7.18. The van der Waals surface area contributed by atoms with Crippen molar-refractivity contribution in [1.82, 2.24) is 9.88 Å². The molecule has 3 rings (SSSR count). The van der Waals surface area contributed by atoms with Crippen LogP contribution in [0.25, 0.3) is 0 Å². The lowest BCUT2D eigenvalue weighted by Crippen LogP contribution is -2.50. The molecule has 0 saturated carbocycles. The molecular weight excluding hydrogens is 188 g/mol. The Kier molecular flexibility index (Phi) is 1.80. The van der Waals surface area contributed by atoms with Crippen molar-refractivity contribution in [3.8, 4) is 0 Å². The number of fused-ring (bicyclic) bond motifs is 4. The van der Waals surface area contributed by atoms with Gasteiger partial charge in [-0.25, -0.2) is 0 Å². The van der Waals surface area contributed by atoms with E-state index in [-0.39, 0.29) is 11.0 Å². The zero-order valence-electron chi connectivity index (χ0n) is 8.99. The van der Waals surface area contributed by atoms with Crippen molar-refractivity contribution in [2.24, 2.45) is 5.41 Å². The highest BCUT2D eigenvalue weighted by atomic mass is 16.1. The van der Waals surface area contributed by atoms with Crippen molar-refractivity contribution >= 4 is 0 Å². The zero-order chi connectivity index (χ0) is 10.5. The summed E-state index contributed by atoms with van der Waals surface area (Å²) in [5.41, 5.74) is 1.64. The van der Waals surface area contributed by atoms with Crippen molar-refractivity contribution in [2.45, 2.75) is 25.8 Å². The van der Waals surface area contributed by atoms with Gasteiger partial charge in [-0.1, -0.05) is 13.0 Å². The molecule has 0 aliphatic carbocycles. The molecule has 2 aliphatic heterocycles. The monoisotopic (exact) mass is 204 g/mol. The Balaban J connectivity index is 2.17. The van der Waals surface area contributed by atoms with Gasteiger partial charge in [-0.3, -0.25) is 4.79 Å².